The van der Waals surface area contributed by atoms with Crippen molar-refractivity contribution in [2.45, 2.75) is 51.5 Å². The Morgan fingerprint density at radius 3 is 2.45 bits per heavy atom. The van der Waals surface area contributed by atoms with Crippen molar-refractivity contribution in [3.8, 4) is 11.3 Å². The Morgan fingerprint density at radius 1 is 1.09 bits per heavy atom. The van der Waals surface area contributed by atoms with E-state index in [4.69, 9.17) is 0 Å². The predicted octanol–water partition coefficient (Wildman–Crippen LogP) is 5.00. The second-order valence-corrected chi connectivity index (χ2v) is 6.94. The summed E-state index contributed by atoms with van der Waals surface area (Å²) in [7, 11) is 0. The number of fused-ring (bicyclic) bond motifs is 3. The van der Waals surface area contributed by atoms with Crippen molar-refractivity contribution < 1.29 is 4.57 Å². The van der Waals surface area contributed by atoms with Crippen molar-refractivity contribution in [3.05, 3.63) is 66.4 Å². The Hall–Kier alpha value is -1.89. The summed E-state index contributed by atoms with van der Waals surface area (Å²) in [5.41, 5.74) is 5.25. The van der Waals surface area contributed by atoms with Crippen molar-refractivity contribution in [2.24, 2.45) is 0 Å². The number of allylic oxidation sites excluding steroid dienone is 1. The van der Waals surface area contributed by atoms with Crippen molar-refractivity contribution in [3.63, 3.8) is 0 Å². The molecule has 2 heterocycles. The number of hydrogen-bond donors (Lipinski definition) is 0. The van der Waals surface area contributed by atoms with Gasteiger partial charge >= 0.3 is 0 Å². The zero-order valence-corrected chi connectivity index (χ0v) is 14.2. The zero-order valence-electron chi connectivity index (χ0n) is 14.2. The van der Waals surface area contributed by atoms with E-state index in [9.17, 15) is 0 Å². The molecule has 2 unspecified atom stereocenters. The summed E-state index contributed by atoms with van der Waals surface area (Å²) < 4.78 is 2.44. The molecule has 1 aromatic carbocycles. The Bertz CT molecular complexity index is 730. The molecule has 1 heteroatoms. The molecule has 2 atom stereocenters. The lowest BCUT2D eigenvalue weighted by atomic mass is 9.59. The highest BCUT2D eigenvalue weighted by Crippen LogP contribution is 2.50. The van der Waals surface area contributed by atoms with Crippen LogP contribution < -0.4 is 4.57 Å². The van der Waals surface area contributed by atoms with Gasteiger partial charge < -0.3 is 0 Å². The maximum atomic E-state index is 4.38. The van der Waals surface area contributed by atoms with Gasteiger partial charge in [-0.25, -0.2) is 0 Å². The van der Waals surface area contributed by atoms with E-state index < -0.39 is 0 Å². The molecule has 3 rings (SSSR count). The number of rotatable bonds is 3. The average molecular weight is 292 g/mol. The van der Waals surface area contributed by atoms with Crippen LogP contribution in [0.25, 0.3) is 11.3 Å². The van der Waals surface area contributed by atoms with Gasteiger partial charge in [-0.2, -0.15) is 4.57 Å². The minimum atomic E-state index is -0.117. The van der Waals surface area contributed by atoms with E-state index in [0.29, 0.717) is 0 Å². The molecule has 1 aliphatic heterocycles. The van der Waals surface area contributed by atoms with Gasteiger partial charge in [0.1, 0.15) is 0 Å². The van der Waals surface area contributed by atoms with Crippen LogP contribution in [0.1, 0.15) is 46.1 Å². The van der Waals surface area contributed by atoms with Crippen molar-refractivity contribution in [1.82, 2.24) is 0 Å². The fraction of sp³-hybridized carbons (Fsp3) is 0.381. The van der Waals surface area contributed by atoms with Crippen molar-refractivity contribution in [2.75, 3.05) is 0 Å². The molecule has 0 aliphatic carbocycles. The Morgan fingerprint density at radius 2 is 1.77 bits per heavy atom. The largest absolute Gasteiger partial charge is 0.213 e. The molecule has 22 heavy (non-hydrogen) atoms. The van der Waals surface area contributed by atoms with Gasteiger partial charge in [-0.1, -0.05) is 38.1 Å². The number of benzene rings is 1. The Kier molecular flexibility index (Phi) is 3.47. The molecule has 1 nitrogen and oxygen atoms in total. The van der Waals surface area contributed by atoms with Crippen LogP contribution in [0.4, 0.5) is 0 Å². The summed E-state index contributed by atoms with van der Waals surface area (Å²) in [6, 6.07) is 15.4. The second-order valence-electron chi connectivity index (χ2n) is 6.94. The van der Waals surface area contributed by atoms with Crippen LogP contribution in [0.3, 0.4) is 0 Å². The van der Waals surface area contributed by atoms with Gasteiger partial charge in [0.2, 0.25) is 5.69 Å². The van der Waals surface area contributed by atoms with Gasteiger partial charge in [-0.15, -0.1) is 0 Å². The molecular formula is C21H26N+. The third-order valence-corrected chi connectivity index (χ3v) is 5.79. The summed E-state index contributed by atoms with van der Waals surface area (Å²) in [5.74, 6) is 0. The molecule has 0 N–H and O–H groups in total. The van der Waals surface area contributed by atoms with Crippen molar-refractivity contribution in [1.29, 1.82) is 0 Å². The third kappa shape index (κ3) is 1.75. The molecule has 1 aromatic heterocycles. The molecular weight excluding hydrogens is 266 g/mol. The van der Waals surface area contributed by atoms with Crippen LogP contribution in [0.2, 0.25) is 0 Å². The first-order valence-electron chi connectivity index (χ1n) is 8.24. The van der Waals surface area contributed by atoms with E-state index in [0.717, 1.165) is 12.8 Å². The van der Waals surface area contributed by atoms with Crippen LogP contribution in [0, 0.1) is 0 Å². The van der Waals surface area contributed by atoms with Gasteiger partial charge in [0, 0.05) is 19.1 Å². The quantitative estimate of drug-likeness (QED) is 0.553. The van der Waals surface area contributed by atoms with E-state index in [2.05, 4.69) is 87.5 Å². The standard InChI is InChI=1S/C21H26N/c1-6-14-20(4)18-12-8-7-11-17(18)19-13-9-10-15-22(19)21(20,5)16(2)3/h7-13,15H,2,6,14H2,1,3-5H3/q+1. The lowest BCUT2D eigenvalue weighted by Crippen LogP contribution is -2.68. The highest BCUT2D eigenvalue weighted by atomic mass is 15.1. The first-order valence-corrected chi connectivity index (χ1v) is 8.24. The van der Waals surface area contributed by atoms with Gasteiger partial charge in [-0.3, -0.25) is 0 Å². The molecule has 114 valence electrons. The minimum Gasteiger partial charge on any atom is -0.188 e. The maximum absolute atomic E-state index is 4.38. The lowest BCUT2D eigenvalue weighted by Gasteiger charge is -2.47. The monoisotopic (exact) mass is 292 g/mol. The highest BCUT2D eigenvalue weighted by Gasteiger charge is 2.58. The van der Waals surface area contributed by atoms with Gasteiger partial charge in [0.25, 0.3) is 0 Å². The Balaban J connectivity index is 2.43. The Labute approximate surface area is 134 Å². The lowest BCUT2D eigenvalue weighted by molar-refractivity contribution is -0.754. The smallest absolute Gasteiger partial charge is 0.188 e. The fourth-order valence-electron chi connectivity index (χ4n) is 4.32. The minimum absolute atomic E-state index is 0.0448. The SMILES string of the molecule is C=C(C)C1(C)[n+]2ccccc2-c2ccccc2C1(C)CCC. The number of pyridine rings is 1. The van der Waals surface area contributed by atoms with Gasteiger partial charge in [0.15, 0.2) is 11.7 Å². The van der Waals surface area contributed by atoms with Crippen molar-refractivity contribution >= 4 is 0 Å². The van der Waals surface area contributed by atoms with E-state index in [1.165, 1.54) is 22.4 Å². The van der Waals surface area contributed by atoms with E-state index >= 15 is 0 Å². The molecule has 0 radical (unpaired) electrons. The van der Waals surface area contributed by atoms with Crippen LogP contribution in [-0.2, 0) is 11.0 Å². The van der Waals surface area contributed by atoms with Crippen LogP contribution in [0.5, 0.6) is 0 Å². The second kappa shape index (κ2) is 5.08. The van der Waals surface area contributed by atoms with Crippen LogP contribution >= 0.6 is 0 Å². The van der Waals surface area contributed by atoms with Crippen LogP contribution in [0.15, 0.2) is 60.8 Å². The fourth-order valence-corrected chi connectivity index (χ4v) is 4.32. The molecule has 0 saturated heterocycles. The normalized spacial score (nSPS) is 26.2. The zero-order chi connectivity index (χ0) is 16.0. The third-order valence-electron chi connectivity index (χ3n) is 5.79. The first kappa shape index (κ1) is 15.0. The molecule has 0 fully saturated rings. The van der Waals surface area contributed by atoms with E-state index in [1.54, 1.807) is 0 Å². The summed E-state index contributed by atoms with van der Waals surface area (Å²) >= 11 is 0. The first-order chi connectivity index (χ1) is 10.5. The molecule has 2 aromatic rings. The molecule has 0 amide bonds. The summed E-state index contributed by atoms with van der Waals surface area (Å²) in [6.45, 7) is 13.6. The predicted molar refractivity (Wildman–Crippen MR) is 92.8 cm³/mol. The summed E-state index contributed by atoms with van der Waals surface area (Å²) in [6.07, 6.45) is 4.53. The van der Waals surface area contributed by atoms with E-state index in [1.807, 2.05) is 0 Å². The molecule has 0 saturated carbocycles. The van der Waals surface area contributed by atoms with Gasteiger partial charge in [-0.05, 0) is 43.5 Å². The summed E-state index contributed by atoms with van der Waals surface area (Å²) in [5, 5.41) is 0. The number of aromatic nitrogens is 1. The average Bonchev–Trinajstić information content (AvgIpc) is 2.53. The van der Waals surface area contributed by atoms with Gasteiger partial charge in [0.05, 0.1) is 11.0 Å². The summed E-state index contributed by atoms with van der Waals surface area (Å²) in [4.78, 5) is 0. The van der Waals surface area contributed by atoms with Crippen LogP contribution in [-0.4, -0.2) is 0 Å². The number of hydrogen-bond acceptors (Lipinski definition) is 0. The van der Waals surface area contributed by atoms with E-state index in [-0.39, 0.29) is 11.0 Å². The maximum Gasteiger partial charge on any atom is 0.213 e. The number of nitrogens with zero attached hydrogens (tertiary/aromatic N) is 1. The molecule has 0 bridgehead atoms. The molecule has 1 aliphatic rings. The molecule has 0 spiro atoms. The highest BCUT2D eigenvalue weighted by molar-refractivity contribution is 5.65. The topological polar surface area (TPSA) is 3.88 Å².